The molecule has 18 heavy (non-hydrogen) atoms. The van der Waals surface area contributed by atoms with E-state index in [4.69, 9.17) is 5.73 Å². The van der Waals surface area contributed by atoms with E-state index in [1.807, 2.05) is 0 Å². The molecule has 104 valence electrons. The van der Waals surface area contributed by atoms with E-state index in [9.17, 15) is 4.79 Å². The van der Waals surface area contributed by atoms with Crippen molar-refractivity contribution in [3.05, 3.63) is 0 Å². The average molecular weight is 252 g/mol. The lowest BCUT2D eigenvalue weighted by molar-refractivity contribution is -0.132. The SMILES string of the molecule is CC(C)CC1(C(=O)NCC2CC(N)C2)CCCC1. The van der Waals surface area contributed by atoms with Crippen molar-refractivity contribution >= 4 is 5.91 Å². The van der Waals surface area contributed by atoms with E-state index in [1.54, 1.807) is 0 Å². The Kier molecular flexibility index (Phi) is 4.31. The number of nitrogens with two attached hydrogens (primary N) is 1. The van der Waals surface area contributed by atoms with Crippen LogP contribution >= 0.6 is 0 Å². The van der Waals surface area contributed by atoms with Crippen molar-refractivity contribution < 1.29 is 4.79 Å². The molecular weight excluding hydrogens is 224 g/mol. The van der Waals surface area contributed by atoms with Crippen LogP contribution in [0.3, 0.4) is 0 Å². The minimum absolute atomic E-state index is 0.0555. The Labute approximate surface area is 111 Å². The van der Waals surface area contributed by atoms with Gasteiger partial charge >= 0.3 is 0 Å². The lowest BCUT2D eigenvalue weighted by atomic mass is 9.77. The maximum Gasteiger partial charge on any atom is 0.226 e. The molecule has 0 aromatic rings. The third-order valence-electron chi connectivity index (χ3n) is 4.66. The van der Waals surface area contributed by atoms with E-state index in [2.05, 4.69) is 19.2 Å². The Balaban J connectivity index is 1.84. The van der Waals surface area contributed by atoms with Crippen LogP contribution in [0.2, 0.25) is 0 Å². The van der Waals surface area contributed by atoms with E-state index in [-0.39, 0.29) is 5.41 Å². The van der Waals surface area contributed by atoms with Crippen molar-refractivity contribution in [2.45, 2.75) is 64.8 Å². The van der Waals surface area contributed by atoms with E-state index in [0.717, 1.165) is 38.6 Å². The van der Waals surface area contributed by atoms with Gasteiger partial charge in [0.1, 0.15) is 0 Å². The number of hydrogen-bond donors (Lipinski definition) is 2. The zero-order valence-corrected chi connectivity index (χ0v) is 11.9. The van der Waals surface area contributed by atoms with Crippen LogP contribution in [0.15, 0.2) is 0 Å². The Morgan fingerprint density at radius 3 is 2.44 bits per heavy atom. The van der Waals surface area contributed by atoms with E-state index in [1.165, 1.54) is 12.8 Å². The average Bonchev–Trinajstić information content (AvgIpc) is 2.71. The molecule has 0 spiro atoms. The van der Waals surface area contributed by atoms with Crippen LogP contribution in [-0.2, 0) is 4.79 Å². The Morgan fingerprint density at radius 1 is 1.33 bits per heavy atom. The van der Waals surface area contributed by atoms with Gasteiger partial charge < -0.3 is 11.1 Å². The summed E-state index contributed by atoms with van der Waals surface area (Å²) in [5, 5.41) is 3.20. The largest absolute Gasteiger partial charge is 0.355 e. The van der Waals surface area contributed by atoms with Gasteiger partial charge in [0.15, 0.2) is 0 Å². The molecular formula is C15H28N2O. The summed E-state index contributed by atoms with van der Waals surface area (Å²) in [5.41, 5.74) is 5.72. The van der Waals surface area contributed by atoms with Crippen molar-refractivity contribution in [1.82, 2.24) is 5.32 Å². The van der Waals surface area contributed by atoms with Gasteiger partial charge in [-0.05, 0) is 43.9 Å². The maximum absolute atomic E-state index is 12.5. The lowest BCUT2D eigenvalue weighted by Gasteiger charge is -2.35. The van der Waals surface area contributed by atoms with Gasteiger partial charge in [0.25, 0.3) is 0 Å². The second kappa shape index (κ2) is 5.60. The van der Waals surface area contributed by atoms with Crippen LogP contribution in [0.5, 0.6) is 0 Å². The highest BCUT2D eigenvalue weighted by Crippen LogP contribution is 2.43. The highest BCUT2D eigenvalue weighted by Gasteiger charge is 2.41. The number of carbonyl (C=O) groups excluding carboxylic acids is 1. The fourth-order valence-corrected chi connectivity index (χ4v) is 3.74. The molecule has 0 aromatic heterocycles. The minimum atomic E-state index is -0.0555. The zero-order chi connectivity index (χ0) is 13.2. The molecule has 2 saturated carbocycles. The topological polar surface area (TPSA) is 55.1 Å². The number of amides is 1. The first-order chi connectivity index (χ1) is 8.52. The Morgan fingerprint density at radius 2 is 1.94 bits per heavy atom. The van der Waals surface area contributed by atoms with Gasteiger partial charge in [0.2, 0.25) is 5.91 Å². The summed E-state index contributed by atoms with van der Waals surface area (Å²) in [6, 6.07) is 0.378. The van der Waals surface area contributed by atoms with Crippen molar-refractivity contribution in [2.24, 2.45) is 23.0 Å². The van der Waals surface area contributed by atoms with Crippen molar-refractivity contribution in [2.75, 3.05) is 6.54 Å². The predicted molar refractivity (Wildman–Crippen MR) is 74.1 cm³/mol. The van der Waals surface area contributed by atoms with E-state index < -0.39 is 0 Å². The molecule has 3 N–H and O–H groups in total. The second-order valence-electron chi connectivity index (χ2n) is 6.89. The second-order valence-corrected chi connectivity index (χ2v) is 6.89. The molecule has 0 aromatic carbocycles. The molecule has 0 saturated heterocycles. The third kappa shape index (κ3) is 3.05. The van der Waals surface area contributed by atoms with Crippen LogP contribution < -0.4 is 11.1 Å². The molecule has 1 amide bonds. The highest BCUT2D eigenvalue weighted by molar-refractivity contribution is 5.82. The zero-order valence-electron chi connectivity index (χ0n) is 11.9. The number of carbonyl (C=O) groups is 1. The number of rotatable bonds is 5. The van der Waals surface area contributed by atoms with Gasteiger partial charge in [0.05, 0.1) is 0 Å². The summed E-state index contributed by atoms with van der Waals surface area (Å²) in [7, 11) is 0. The summed E-state index contributed by atoms with van der Waals surface area (Å²) in [4.78, 5) is 12.5. The lowest BCUT2D eigenvalue weighted by Crippen LogP contribution is -2.46. The first-order valence-electron chi connectivity index (χ1n) is 7.56. The fraction of sp³-hybridized carbons (Fsp3) is 0.933. The number of hydrogen-bond acceptors (Lipinski definition) is 2. The first kappa shape index (κ1) is 13.9. The van der Waals surface area contributed by atoms with E-state index >= 15 is 0 Å². The molecule has 0 unspecified atom stereocenters. The van der Waals surface area contributed by atoms with Crippen LogP contribution in [0, 0.1) is 17.3 Å². The van der Waals surface area contributed by atoms with Crippen LogP contribution in [0.4, 0.5) is 0 Å². The molecule has 0 heterocycles. The molecule has 0 bridgehead atoms. The van der Waals surface area contributed by atoms with Gasteiger partial charge in [-0.25, -0.2) is 0 Å². The quantitative estimate of drug-likeness (QED) is 0.789. The van der Waals surface area contributed by atoms with Crippen molar-refractivity contribution in [1.29, 1.82) is 0 Å². The summed E-state index contributed by atoms with van der Waals surface area (Å²) in [5.74, 6) is 1.54. The predicted octanol–water partition coefficient (Wildman–Crippen LogP) is 2.45. The molecule has 0 radical (unpaired) electrons. The van der Waals surface area contributed by atoms with Gasteiger partial charge in [0, 0.05) is 18.0 Å². The van der Waals surface area contributed by atoms with E-state index in [0.29, 0.717) is 23.8 Å². The normalized spacial score (nSPS) is 30.2. The molecule has 2 fully saturated rings. The van der Waals surface area contributed by atoms with Gasteiger partial charge in [-0.2, -0.15) is 0 Å². The minimum Gasteiger partial charge on any atom is -0.355 e. The van der Waals surface area contributed by atoms with Crippen LogP contribution in [0.1, 0.15) is 58.8 Å². The maximum atomic E-state index is 12.5. The van der Waals surface area contributed by atoms with Crippen molar-refractivity contribution in [3.8, 4) is 0 Å². The summed E-state index contributed by atoms with van der Waals surface area (Å²) < 4.78 is 0. The molecule has 0 atom stereocenters. The molecule has 2 rings (SSSR count). The Hall–Kier alpha value is -0.570. The van der Waals surface area contributed by atoms with Gasteiger partial charge in [-0.15, -0.1) is 0 Å². The van der Waals surface area contributed by atoms with Gasteiger partial charge in [-0.1, -0.05) is 26.7 Å². The first-order valence-corrected chi connectivity index (χ1v) is 7.56. The van der Waals surface area contributed by atoms with Crippen LogP contribution in [0.25, 0.3) is 0 Å². The monoisotopic (exact) mass is 252 g/mol. The van der Waals surface area contributed by atoms with Crippen LogP contribution in [-0.4, -0.2) is 18.5 Å². The summed E-state index contributed by atoms with van der Waals surface area (Å²) in [6.45, 7) is 5.28. The summed E-state index contributed by atoms with van der Waals surface area (Å²) in [6.07, 6.45) is 7.81. The fourth-order valence-electron chi connectivity index (χ4n) is 3.74. The molecule has 3 heteroatoms. The Bertz CT molecular complexity index is 289. The van der Waals surface area contributed by atoms with Gasteiger partial charge in [-0.3, -0.25) is 4.79 Å². The molecule has 3 nitrogen and oxygen atoms in total. The highest BCUT2D eigenvalue weighted by atomic mass is 16.2. The number of nitrogens with one attached hydrogen (secondary N) is 1. The molecule has 0 aliphatic heterocycles. The smallest absolute Gasteiger partial charge is 0.226 e. The molecule has 2 aliphatic rings. The molecule has 2 aliphatic carbocycles. The standard InChI is InChI=1S/C15H28N2O/c1-11(2)9-15(5-3-4-6-15)14(18)17-10-12-7-13(16)8-12/h11-13H,3-10,16H2,1-2H3,(H,17,18). The van der Waals surface area contributed by atoms with Crippen molar-refractivity contribution in [3.63, 3.8) is 0 Å². The summed E-state index contributed by atoms with van der Waals surface area (Å²) >= 11 is 0. The third-order valence-corrected chi connectivity index (χ3v) is 4.66.